The van der Waals surface area contributed by atoms with E-state index in [1.165, 1.54) is 18.1 Å². The molecule has 0 spiro atoms. The van der Waals surface area contributed by atoms with Crippen LogP contribution < -0.4 is 10.9 Å². The highest BCUT2D eigenvalue weighted by Crippen LogP contribution is 2.18. The monoisotopic (exact) mass is 388 g/mol. The van der Waals surface area contributed by atoms with Crippen LogP contribution in [0.15, 0.2) is 40.5 Å². The summed E-state index contributed by atoms with van der Waals surface area (Å²) >= 11 is 1.21. The summed E-state index contributed by atoms with van der Waals surface area (Å²) in [6, 6.07) is 7.20. The van der Waals surface area contributed by atoms with Gasteiger partial charge >= 0.3 is 0 Å². The van der Waals surface area contributed by atoms with Crippen molar-refractivity contribution in [3.63, 3.8) is 0 Å². The number of H-pyrrole nitrogens is 1. The number of hydrogen-bond acceptors (Lipinski definition) is 7. The minimum absolute atomic E-state index is 0.0942. The van der Waals surface area contributed by atoms with Gasteiger partial charge in [-0.05, 0) is 25.5 Å². The number of fused-ring (bicyclic) bond motifs is 1. The lowest BCUT2D eigenvalue weighted by Gasteiger charge is -2.13. The summed E-state index contributed by atoms with van der Waals surface area (Å²) in [4.78, 5) is 33.4. The van der Waals surface area contributed by atoms with Crippen molar-refractivity contribution in [2.75, 3.05) is 24.3 Å². The Morgan fingerprint density at radius 1 is 1.37 bits per heavy atom. The van der Waals surface area contributed by atoms with Crippen molar-refractivity contribution in [2.24, 2.45) is 0 Å². The van der Waals surface area contributed by atoms with Gasteiger partial charge in [0, 0.05) is 19.8 Å². The Balaban J connectivity index is 1.78. The molecule has 3 aromatic rings. The van der Waals surface area contributed by atoms with E-state index in [2.05, 4.69) is 25.5 Å². The summed E-state index contributed by atoms with van der Waals surface area (Å²) in [6.07, 6.45) is 2.00. The van der Waals surface area contributed by atoms with Crippen molar-refractivity contribution >= 4 is 34.5 Å². The van der Waals surface area contributed by atoms with E-state index in [4.69, 9.17) is 4.74 Å². The summed E-state index contributed by atoms with van der Waals surface area (Å²) in [5, 5.41) is 9.90. The highest BCUT2D eigenvalue weighted by molar-refractivity contribution is 7.99. The van der Waals surface area contributed by atoms with Gasteiger partial charge in [0.1, 0.15) is 6.33 Å². The zero-order chi connectivity index (χ0) is 19.1. The molecule has 0 bridgehead atoms. The second-order valence-corrected chi connectivity index (χ2v) is 6.53. The summed E-state index contributed by atoms with van der Waals surface area (Å²) in [5.74, 6) is 0.109. The number of carbonyl (C=O) groups is 1. The predicted octanol–water partition coefficient (Wildman–Crippen LogP) is 1.67. The van der Waals surface area contributed by atoms with Crippen LogP contribution in [0, 0.1) is 0 Å². The lowest BCUT2D eigenvalue weighted by atomic mass is 10.2. The lowest BCUT2D eigenvalue weighted by Crippen LogP contribution is -2.25. The van der Waals surface area contributed by atoms with Crippen molar-refractivity contribution in [2.45, 2.75) is 25.0 Å². The van der Waals surface area contributed by atoms with E-state index in [0.29, 0.717) is 42.2 Å². The summed E-state index contributed by atoms with van der Waals surface area (Å²) in [7, 11) is 0. The van der Waals surface area contributed by atoms with Crippen molar-refractivity contribution in [3.8, 4) is 0 Å². The average Bonchev–Trinajstić information content (AvgIpc) is 3.18. The van der Waals surface area contributed by atoms with Gasteiger partial charge in [0.15, 0.2) is 5.16 Å². The van der Waals surface area contributed by atoms with Crippen molar-refractivity contribution in [3.05, 3.63) is 40.9 Å². The Morgan fingerprint density at radius 3 is 3.00 bits per heavy atom. The summed E-state index contributed by atoms with van der Waals surface area (Å²) in [6.45, 7) is 3.60. The molecular formula is C17H20N6O3S. The molecule has 142 valence electrons. The van der Waals surface area contributed by atoms with Crippen LogP contribution >= 0.6 is 11.8 Å². The molecule has 27 heavy (non-hydrogen) atoms. The van der Waals surface area contributed by atoms with Gasteiger partial charge < -0.3 is 4.74 Å². The number of rotatable bonds is 9. The number of carbonyl (C=O) groups excluding carboxylic acids is 1. The fraction of sp³-hybridized carbons (Fsp3) is 0.353. The second-order valence-electron chi connectivity index (χ2n) is 5.59. The van der Waals surface area contributed by atoms with Gasteiger partial charge in [0.2, 0.25) is 11.9 Å². The Kier molecular flexibility index (Phi) is 6.55. The normalized spacial score (nSPS) is 11.0. The number of amides is 1. The fourth-order valence-corrected chi connectivity index (χ4v) is 3.31. The molecule has 0 aliphatic rings. The first-order valence-electron chi connectivity index (χ1n) is 8.54. The largest absolute Gasteiger partial charge is 0.382 e. The van der Waals surface area contributed by atoms with Crippen LogP contribution in [0.1, 0.15) is 13.3 Å². The first-order valence-corrected chi connectivity index (χ1v) is 9.53. The highest BCUT2D eigenvalue weighted by atomic mass is 32.2. The van der Waals surface area contributed by atoms with Crippen molar-refractivity contribution < 1.29 is 9.53 Å². The number of anilines is 1. The first kappa shape index (κ1) is 19.1. The molecule has 0 saturated heterocycles. The standard InChI is InChI=1S/C17H20N6O3S/c1-2-26-9-5-8-23-15(25)12-6-3-4-7-13(12)20-17(23)27-10-14(24)21-16-18-11-19-22-16/h3-4,6-7,11H,2,5,8-10H2,1H3,(H2,18,19,21,22,24). The predicted molar refractivity (Wildman–Crippen MR) is 103 cm³/mol. The van der Waals surface area contributed by atoms with Gasteiger partial charge in [-0.3, -0.25) is 19.5 Å². The van der Waals surface area contributed by atoms with Gasteiger partial charge in [-0.15, -0.1) is 0 Å². The minimum Gasteiger partial charge on any atom is -0.382 e. The number of aromatic nitrogens is 5. The third kappa shape index (κ3) is 4.92. The quantitative estimate of drug-likeness (QED) is 0.325. The molecule has 3 rings (SSSR count). The molecule has 2 N–H and O–H groups in total. The number of nitrogens with zero attached hydrogens (tertiary/aromatic N) is 4. The van der Waals surface area contributed by atoms with Gasteiger partial charge in [-0.25, -0.2) is 10.1 Å². The molecule has 0 saturated carbocycles. The van der Waals surface area contributed by atoms with Crippen LogP contribution in [0.5, 0.6) is 0 Å². The topological polar surface area (TPSA) is 115 Å². The number of benzene rings is 1. The van der Waals surface area contributed by atoms with Crippen LogP contribution in [0.2, 0.25) is 0 Å². The van der Waals surface area contributed by atoms with E-state index in [-0.39, 0.29) is 23.2 Å². The van der Waals surface area contributed by atoms with Gasteiger partial charge in [-0.2, -0.15) is 10.1 Å². The molecule has 2 heterocycles. The van der Waals surface area contributed by atoms with Crippen LogP contribution in [0.25, 0.3) is 10.9 Å². The Bertz CT molecular complexity index is 957. The molecule has 0 aliphatic heterocycles. The Labute approximate surface area is 159 Å². The third-order valence-corrected chi connectivity index (χ3v) is 4.68. The van der Waals surface area contributed by atoms with E-state index in [1.807, 2.05) is 19.1 Å². The minimum atomic E-state index is -0.264. The second kappa shape index (κ2) is 9.28. The van der Waals surface area contributed by atoms with E-state index in [1.54, 1.807) is 16.7 Å². The molecule has 10 heteroatoms. The average molecular weight is 388 g/mol. The molecule has 0 aliphatic carbocycles. The lowest BCUT2D eigenvalue weighted by molar-refractivity contribution is -0.113. The van der Waals surface area contributed by atoms with Crippen molar-refractivity contribution in [1.82, 2.24) is 24.7 Å². The van der Waals surface area contributed by atoms with Crippen molar-refractivity contribution in [1.29, 1.82) is 0 Å². The maximum absolute atomic E-state index is 12.9. The van der Waals surface area contributed by atoms with Gasteiger partial charge in [-0.1, -0.05) is 23.9 Å². The molecule has 0 unspecified atom stereocenters. The molecule has 0 fully saturated rings. The zero-order valence-corrected chi connectivity index (χ0v) is 15.7. The van der Waals surface area contributed by atoms with Crippen LogP contribution in [-0.2, 0) is 16.1 Å². The van der Waals surface area contributed by atoms with E-state index < -0.39 is 0 Å². The third-order valence-electron chi connectivity index (χ3n) is 3.71. The maximum Gasteiger partial charge on any atom is 0.262 e. The van der Waals surface area contributed by atoms with Crippen LogP contribution in [0.3, 0.4) is 0 Å². The first-order chi connectivity index (χ1) is 13.2. The zero-order valence-electron chi connectivity index (χ0n) is 14.8. The molecule has 0 atom stereocenters. The number of nitrogens with one attached hydrogen (secondary N) is 2. The number of aromatic amines is 1. The number of thioether (sulfide) groups is 1. The van der Waals surface area contributed by atoms with Crippen LogP contribution in [-0.4, -0.2) is 49.6 Å². The highest BCUT2D eigenvalue weighted by Gasteiger charge is 2.13. The van der Waals surface area contributed by atoms with Gasteiger partial charge in [0.05, 0.1) is 16.7 Å². The molecular weight excluding hydrogens is 368 g/mol. The Hall–Kier alpha value is -2.72. The van der Waals surface area contributed by atoms with E-state index in [9.17, 15) is 9.59 Å². The molecule has 9 nitrogen and oxygen atoms in total. The number of para-hydroxylation sites is 1. The smallest absolute Gasteiger partial charge is 0.262 e. The maximum atomic E-state index is 12.9. The summed E-state index contributed by atoms with van der Waals surface area (Å²) in [5.41, 5.74) is 0.497. The SMILES string of the molecule is CCOCCCn1c(SCC(=O)Nc2ncn[nH]2)nc2ccccc2c1=O. The summed E-state index contributed by atoms with van der Waals surface area (Å²) < 4.78 is 6.96. The molecule has 2 aromatic heterocycles. The molecule has 1 aromatic carbocycles. The van der Waals surface area contributed by atoms with Gasteiger partial charge in [0.25, 0.3) is 5.56 Å². The Morgan fingerprint density at radius 2 is 2.22 bits per heavy atom. The van der Waals surface area contributed by atoms with Crippen LogP contribution in [0.4, 0.5) is 5.95 Å². The number of hydrogen-bond donors (Lipinski definition) is 2. The van der Waals surface area contributed by atoms with E-state index >= 15 is 0 Å². The molecule has 0 radical (unpaired) electrons. The van der Waals surface area contributed by atoms with E-state index in [0.717, 1.165) is 0 Å². The number of ether oxygens (including phenoxy) is 1. The molecule has 1 amide bonds. The fourth-order valence-electron chi connectivity index (χ4n) is 2.49.